The summed E-state index contributed by atoms with van der Waals surface area (Å²) in [7, 11) is -3.53. The molecule has 9 nitrogen and oxygen atoms in total. The topological polar surface area (TPSA) is 118 Å². The molecule has 0 aliphatic carbocycles. The van der Waals surface area contributed by atoms with E-state index >= 15 is 0 Å². The van der Waals surface area contributed by atoms with Crippen LogP contribution in [0.5, 0.6) is 0 Å². The molecule has 10 heteroatoms. The van der Waals surface area contributed by atoms with Crippen LogP contribution in [0.3, 0.4) is 0 Å². The number of hydrogen-bond acceptors (Lipinski definition) is 6. The molecule has 1 aliphatic rings. The average molecular weight is 421 g/mol. The van der Waals surface area contributed by atoms with E-state index in [0.717, 1.165) is 5.56 Å². The first kappa shape index (κ1) is 21.0. The Bertz CT molecular complexity index is 919. The summed E-state index contributed by atoms with van der Waals surface area (Å²) in [6, 6.07) is 9.91. The molecule has 1 fully saturated rings. The Kier molecular flexibility index (Phi) is 7.02. The van der Waals surface area contributed by atoms with Crippen molar-refractivity contribution in [3.05, 3.63) is 54.0 Å². The zero-order valence-corrected chi connectivity index (χ0v) is 16.6. The summed E-state index contributed by atoms with van der Waals surface area (Å²) in [5.41, 5.74) is 0.849. The number of carbonyl (C=O) groups excluding carboxylic acids is 2. The molecule has 156 valence electrons. The van der Waals surface area contributed by atoms with Crippen LogP contribution in [0.15, 0.2) is 52.0 Å². The molecule has 0 atom stereocenters. The summed E-state index contributed by atoms with van der Waals surface area (Å²) in [6.45, 7) is 1.87. The number of ether oxygens (including phenoxy) is 1. The number of rotatable bonds is 7. The molecule has 0 unspecified atom stereocenters. The predicted octanol–water partition coefficient (Wildman–Crippen LogP) is 0.276. The highest BCUT2D eigenvalue weighted by Gasteiger charge is 2.26. The summed E-state index contributed by atoms with van der Waals surface area (Å²) in [4.78, 5) is 23.8. The van der Waals surface area contributed by atoms with Gasteiger partial charge in [-0.2, -0.15) is 4.31 Å². The number of morpholine rings is 1. The number of benzene rings is 1. The molecule has 0 saturated carbocycles. The normalized spacial score (nSPS) is 15.0. The first-order valence-electron chi connectivity index (χ1n) is 9.22. The fourth-order valence-electron chi connectivity index (χ4n) is 2.83. The average Bonchev–Trinajstić information content (AvgIpc) is 3.26. The van der Waals surface area contributed by atoms with Gasteiger partial charge >= 0.3 is 11.8 Å². The lowest BCUT2D eigenvalue weighted by atomic mass is 10.1. The first-order chi connectivity index (χ1) is 14.0. The number of furan rings is 1. The molecular formula is C19H23N3O6S. The molecule has 3 rings (SSSR count). The maximum atomic E-state index is 12.6. The van der Waals surface area contributed by atoms with E-state index in [0.29, 0.717) is 38.5 Å². The van der Waals surface area contributed by atoms with Gasteiger partial charge in [-0.25, -0.2) is 8.42 Å². The first-order valence-corrected chi connectivity index (χ1v) is 10.7. The molecule has 1 saturated heterocycles. The fourth-order valence-corrected chi connectivity index (χ4v) is 4.23. The quantitative estimate of drug-likeness (QED) is 0.620. The van der Waals surface area contributed by atoms with Crippen molar-refractivity contribution in [3.8, 4) is 0 Å². The van der Waals surface area contributed by atoms with Crippen LogP contribution in [0, 0.1) is 0 Å². The second kappa shape index (κ2) is 9.68. The lowest BCUT2D eigenvalue weighted by molar-refractivity contribution is -0.139. The molecule has 2 amide bonds. The van der Waals surface area contributed by atoms with Gasteiger partial charge in [-0.1, -0.05) is 12.1 Å². The highest BCUT2D eigenvalue weighted by atomic mass is 32.2. The van der Waals surface area contributed by atoms with Crippen molar-refractivity contribution in [3.63, 3.8) is 0 Å². The van der Waals surface area contributed by atoms with Crippen molar-refractivity contribution >= 4 is 21.8 Å². The minimum absolute atomic E-state index is 0.137. The molecular weight excluding hydrogens is 398 g/mol. The van der Waals surface area contributed by atoms with Gasteiger partial charge in [0.05, 0.1) is 30.9 Å². The maximum Gasteiger partial charge on any atom is 0.309 e. The van der Waals surface area contributed by atoms with Crippen LogP contribution in [-0.4, -0.2) is 57.4 Å². The van der Waals surface area contributed by atoms with E-state index in [9.17, 15) is 18.0 Å². The zero-order valence-electron chi connectivity index (χ0n) is 15.8. The number of sulfonamides is 1. The Morgan fingerprint density at radius 3 is 2.34 bits per heavy atom. The van der Waals surface area contributed by atoms with E-state index in [1.54, 1.807) is 36.4 Å². The van der Waals surface area contributed by atoms with Crippen LogP contribution in [0.1, 0.15) is 11.3 Å². The third kappa shape index (κ3) is 5.66. The van der Waals surface area contributed by atoms with Crippen LogP contribution in [0.2, 0.25) is 0 Å². The SMILES string of the molecule is O=C(NCCc1ccc(S(=O)(=O)N2CCOCC2)cc1)C(=O)NCc1ccco1. The molecule has 2 N–H and O–H groups in total. The Morgan fingerprint density at radius 2 is 1.69 bits per heavy atom. The van der Waals surface area contributed by atoms with Crippen molar-refractivity contribution in [2.45, 2.75) is 17.9 Å². The van der Waals surface area contributed by atoms with Gasteiger partial charge in [0.15, 0.2) is 0 Å². The standard InChI is InChI=1S/C19H23N3O6S/c23-18(19(24)21-14-16-2-1-11-28-16)20-8-7-15-3-5-17(6-4-15)29(25,26)22-9-12-27-13-10-22/h1-6,11H,7-10,12-14H2,(H,20,23)(H,21,24). The Labute approximate surface area is 169 Å². The van der Waals surface area contributed by atoms with E-state index in [1.165, 1.54) is 10.6 Å². The van der Waals surface area contributed by atoms with Crippen LogP contribution >= 0.6 is 0 Å². The van der Waals surface area contributed by atoms with Crippen molar-refractivity contribution in [1.29, 1.82) is 0 Å². The minimum atomic E-state index is -3.53. The molecule has 2 aromatic rings. The van der Waals surface area contributed by atoms with Gasteiger partial charge < -0.3 is 19.8 Å². The summed E-state index contributed by atoms with van der Waals surface area (Å²) >= 11 is 0. The Hall–Kier alpha value is -2.69. The van der Waals surface area contributed by atoms with E-state index in [1.807, 2.05) is 0 Å². The molecule has 0 bridgehead atoms. The largest absolute Gasteiger partial charge is 0.467 e. The molecule has 1 aromatic carbocycles. The third-order valence-corrected chi connectivity index (χ3v) is 6.35. The summed E-state index contributed by atoms with van der Waals surface area (Å²) in [6.07, 6.45) is 1.95. The summed E-state index contributed by atoms with van der Waals surface area (Å²) < 4.78 is 36.8. The number of nitrogens with one attached hydrogen (secondary N) is 2. The molecule has 0 spiro atoms. The number of carbonyl (C=O) groups is 2. The van der Waals surface area contributed by atoms with Crippen molar-refractivity contribution < 1.29 is 27.2 Å². The van der Waals surface area contributed by atoms with Gasteiger partial charge in [0.1, 0.15) is 5.76 Å². The van der Waals surface area contributed by atoms with Crippen molar-refractivity contribution in [2.75, 3.05) is 32.8 Å². The van der Waals surface area contributed by atoms with Gasteiger partial charge in [-0.15, -0.1) is 0 Å². The van der Waals surface area contributed by atoms with Gasteiger partial charge in [0.25, 0.3) is 0 Å². The maximum absolute atomic E-state index is 12.6. The van der Waals surface area contributed by atoms with Crippen LogP contribution < -0.4 is 10.6 Å². The van der Waals surface area contributed by atoms with Crippen LogP contribution in [0.25, 0.3) is 0 Å². The lowest BCUT2D eigenvalue weighted by Crippen LogP contribution is -2.40. The van der Waals surface area contributed by atoms with Crippen LogP contribution in [0.4, 0.5) is 0 Å². The molecule has 1 aromatic heterocycles. The smallest absolute Gasteiger partial charge is 0.309 e. The van der Waals surface area contributed by atoms with Gasteiger partial charge in [-0.05, 0) is 36.2 Å². The number of nitrogens with zero attached hydrogens (tertiary/aromatic N) is 1. The molecule has 1 aliphatic heterocycles. The second-order valence-corrected chi connectivity index (χ2v) is 8.37. The molecule has 2 heterocycles. The van der Waals surface area contributed by atoms with Crippen molar-refractivity contribution in [1.82, 2.24) is 14.9 Å². The predicted molar refractivity (Wildman–Crippen MR) is 103 cm³/mol. The van der Waals surface area contributed by atoms with E-state index in [-0.39, 0.29) is 18.0 Å². The number of hydrogen-bond donors (Lipinski definition) is 2. The minimum Gasteiger partial charge on any atom is -0.467 e. The summed E-state index contributed by atoms with van der Waals surface area (Å²) in [5, 5.41) is 5.00. The van der Waals surface area contributed by atoms with Gasteiger partial charge in [0, 0.05) is 19.6 Å². The van der Waals surface area contributed by atoms with Crippen molar-refractivity contribution in [2.24, 2.45) is 0 Å². The van der Waals surface area contributed by atoms with E-state index < -0.39 is 21.8 Å². The van der Waals surface area contributed by atoms with E-state index in [2.05, 4.69) is 10.6 Å². The highest BCUT2D eigenvalue weighted by molar-refractivity contribution is 7.89. The van der Waals surface area contributed by atoms with Crippen LogP contribution in [-0.2, 0) is 37.3 Å². The van der Waals surface area contributed by atoms with Gasteiger partial charge in [-0.3, -0.25) is 9.59 Å². The summed E-state index contributed by atoms with van der Waals surface area (Å²) in [5.74, 6) is -0.922. The monoisotopic (exact) mass is 421 g/mol. The molecule has 0 radical (unpaired) electrons. The second-order valence-electron chi connectivity index (χ2n) is 6.43. The Balaban J connectivity index is 1.45. The number of amides is 2. The fraction of sp³-hybridized carbons (Fsp3) is 0.368. The molecule has 29 heavy (non-hydrogen) atoms. The lowest BCUT2D eigenvalue weighted by Gasteiger charge is -2.26. The van der Waals surface area contributed by atoms with Gasteiger partial charge in [0.2, 0.25) is 10.0 Å². The van der Waals surface area contributed by atoms with E-state index in [4.69, 9.17) is 9.15 Å². The highest BCUT2D eigenvalue weighted by Crippen LogP contribution is 2.17. The zero-order chi connectivity index (χ0) is 20.7. The Morgan fingerprint density at radius 1 is 1.00 bits per heavy atom. The third-order valence-electron chi connectivity index (χ3n) is 4.44.